The van der Waals surface area contributed by atoms with Crippen LogP contribution in [0.15, 0.2) is 0 Å². The zero-order chi connectivity index (χ0) is 12.7. The largest absolute Gasteiger partial charge is 0.316 e. The first-order valence-electron chi connectivity index (χ1n) is 7.16. The van der Waals surface area contributed by atoms with Crippen LogP contribution in [-0.4, -0.2) is 48.6 Å². The van der Waals surface area contributed by atoms with Crippen molar-refractivity contribution in [3.05, 3.63) is 0 Å². The summed E-state index contributed by atoms with van der Waals surface area (Å²) in [6, 6.07) is 0. The van der Waals surface area contributed by atoms with E-state index < -0.39 is 0 Å². The second-order valence-corrected chi connectivity index (χ2v) is 7.23. The third kappa shape index (κ3) is 6.68. The van der Waals surface area contributed by atoms with Gasteiger partial charge in [0, 0.05) is 30.6 Å². The van der Waals surface area contributed by atoms with E-state index in [1.54, 1.807) is 0 Å². The monoisotopic (exact) mass is 258 g/mol. The summed E-state index contributed by atoms with van der Waals surface area (Å²) in [5, 5.41) is 4.44. The molecule has 1 rings (SSSR count). The minimum Gasteiger partial charge on any atom is -0.316 e. The minimum absolute atomic E-state index is 0.762. The highest BCUT2D eigenvalue weighted by molar-refractivity contribution is 8.00. The van der Waals surface area contributed by atoms with Crippen LogP contribution in [-0.2, 0) is 0 Å². The summed E-state index contributed by atoms with van der Waals surface area (Å²) in [7, 11) is 0. The molecular formula is C14H30N2S. The molecule has 1 heterocycles. The molecule has 17 heavy (non-hydrogen) atoms. The number of hydrogen-bond acceptors (Lipinski definition) is 3. The smallest absolute Gasteiger partial charge is 0.0172 e. The lowest BCUT2D eigenvalue weighted by Gasteiger charge is -2.33. The fourth-order valence-corrected chi connectivity index (χ4v) is 3.57. The lowest BCUT2D eigenvalue weighted by Crippen LogP contribution is -2.41. The third-order valence-corrected chi connectivity index (χ3v) is 4.67. The molecule has 3 heteroatoms. The standard InChI is InChI=1S/C14H30N2S/c1-5-14-11-16(6-7-17-14)10-13(4)9-15-8-12(2)3/h12-15H,5-11H2,1-4H3. The fraction of sp³-hybridized carbons (Fsp3) is 1.00. The van der Waals surface area contributed by atoms with Gasteiger partial charge in [0.05, 0.1) is 0 Å². The normalized spacial score (nSPS) is 24.2. The summed E-state index contributed by atoms with van der Waals surface area (Å²) in [6.45, 7) is 15.4. The van der Waals surface area contributed by atoms with Gasteiger partial charge in [0.1, 0.15) is 0 Å². The molecule has 0 amide bonds. The van der Waals surface area contributed by atoms with Crippen molar-refractivity contribution in [3.8, 4) is 0 Å². The lowest BCUT2D eigenvalue weighted by atomic mass is 10.1. The number of hydrogen-bond donors (Lipinski definition) is 1. The van der Waals surface area contributed by atoms with E-state index in [1.807, 2.05) is 0 Å². The second kappa shape index (κ2) is 8.39. The van der Waals surface area contributed by atoms with E-state index in [1.165, 1.54) is 38.4 Å². The molecule has 1 fully saturated rings. The van der Waals surface area contributed by atoms with E-state index in [9.17, 15) is 0 Å². The van der Waals surface area contributed by atoms with E-state index in [4.69, 9.17) is 0 Å². The molecule has 1 aliphatic heterocycles. The van der Waals surface area contributed by atoms with Crippen molar-refractivity contribution in [2.45, 2.75) is 39.4 Å². The van der Waals surface area contributed by atoms with Gasteiger partial charge >= 0.3 is 0 Å². The predicted octanol–water partition coefficient (Wildman–Crippen LogP) is 2.70. The van der Waals surface area contributed by atoms with Crippen LogP contribution in [0.2, 0.25) is 0 Å². The summed E-state index contributed by atoms with van der Waals surface area (Å²) in [5.74, 6) is 2.86. The SMILES string of the molecule is CCC1CN(CC(C)CNCC(C)C)CCS1. The van der Waals surface area contributed by atoms with Gasteiger partial charge in [-0.3, -0.25) is 0 Å². The first kappa shape index (κ1) is 15.3. The van der Waals surface area contributed by atoms with Gasteiger partial charge in [-0.1, -0.05) is 27.7 Å². The van der Waals surface area contributed by atoms with Gasteiger partial charge in [0.15, 0.2) is 0 Å². The van der Waals surface area contributed by atoms with E-state index in [0.717, 1.165) is 23.6 Å². The van der Waals surface area contributed by atoms with Crippen LogP contribution in [0.25, 0.3) is 0 Å². The number of rotatable bonds is 7. The summed E-state index contributed by atoms with van der Waals surface area (Å²) in [6.07, 6.45) is 1.32. The van der Waals surface area contributed by atoms with Crippen LogP contribution >= 0.6 is 11.8 Å². The average Bonchev–Trinajstić information content (AvgIpc) is 2.28. The summed E-state index contributed by atoms with van der Waals surface area (Å²) in [4.78, 5) is 2.66. The van der Waals surface area contributed by atoms with Gasteiger partial charge < -0.3 is 10.2 Å². The van der Waals surface area contributed by atoms with Gasteiger partial charge in [-0.2, -0.15) is 11.8 Å². The van der Waals surface area contributed by atoms with Crippen molar-refractivity contribution in [2.24, 2.45) is 11.8 Å². The van der Waals surface area contributed by atoms with Crippen LogP contribution in [0.3, 0.4) is 0 Å². The molecule has 0 bridgehead atoms. The Bertz CT molecular complexity index is 197. The van der Waals surface area contributed by atoms with Crippen molar-refractivity contribution in [3.63, 3.8) is 0 Å². The van der Waals surface area contributed by atoms with E-state index in [-0.39, 0.29) is 0 Å². The lowest BCUT2D eigenvalue weighted by molar-refractivity contribution is 0.239. The molecule has 102 valence electrons. The Labute approximate surface area is 112 Å². The van der Waals surface area contributed by atoms with Crippen LogP contribution in [0, 0.1) is 11.8 Å². The molecule has 2 unspecified atom stereocenters. The fourth-order valence-electron chi connectivity index (χ4n) is 2.32. The molecule has 1 N–H and O–H groups in total. The molecule has 0 saturated carbocycles. The quantitative estimate of drug-likeness (QED) is 0.756. The molecule has 0 aromatic rings. The summed E-state index contributed by atoms with van der Waals surface area (Å²) < 4.78 is 0. The highest BCUT2D eigenvalue weighted by Gasteiger charge is 2.19. The Balaban J connectivity index is 2.14. The van der Waals surface area contributed by atoms with Gasteiger partial charge in [-0.15, -0.1) is 0 Å². The van der Waals surface area contributed by atoms with Gasteiger partial charge in [0.25, 0.3) is 0 Å². The van der Waals surface area contributed by atoms with Gasteiger partial charge in [0.2, 0.25) is 0 Å². The molecule has 1 aliphatic rings. The van der Waals surface area contributed by atoms with Crippen LogP contribution in [0.4, 0.5) is 0 Å². The Morgan fingerprint density at radius 2 is 2.06 bits per heavy atom. The Kier molecular flexibility index (Phi) is 7.56. The van der Waals surface area contributed by atoms with E-state index in [2.05, 4.69) is 49.7 Å². The molecule has 0 aliphatic carbocycles. The summed E-state index contributed by atoms with van der Waals surface area (Å²) >= 11 is 2.16. The zero-order valence-electron chi connectivity index (χ0n) is 12.0. The average molecular weight is 258 g/mol. The van der Waals surface area contributed by atoms with Gasteiger partial charge in [-0.05, 0) is 31.3 Å². The molecule has 0 radical (unpaired) electrons. The third-order valence-electron chi connectivity index (χ3n) is 3.29. The molecule has 2 atom stereocenters. The van der Waals surface area contributed by atoms with Crippen molar-refractivity contribution in [2.75, 3.05) is 38.5 Å². The number of thioether (sulfide) groups is 1. The van der Waals surface area contributed by atoms with Gasteiger partial charge in [-0.25, -0.2) is 0 Å². The minimum atomic E-state index is 0.762. The number of nitrogens with zero attached hydrogens (tertiary/aromatic N) is 1. The van der Waals surface area contributed by atoms with Crippen LogP contribution in [0.1, 0.15) is 34.1 Å². The molecular weight excluding hydrogens is 228 g/mol. The zero-order valence-corrected chi connectivity index (χ0v) is 12.9. The van der Waals surface area contributed by atoms with Crippen molar-refractivity contribution in [1.82, 2.24) is 10.2 Å². The predicted molar refractivity (Wildman–Crippen MR) is 79.8 cm³/mol. The molecule has 0 aromatic carbocycles. The Hall–Kier alpha value is 0.270. The first-order chi connectivity index (χ1) is 8.11. The van der Waals surface area contributed by atoms with Crippen molar-refractivity contribution in [1.29, 1.82) is 0 Å². The van der Waals surface area contributed by atoms with E-state index >= 15 is 0 Å². The maximum absolute atomic E-state index is 3.57. The highest BCUT2D eigenvalue weighted by atomic mass is 32.2. The van der Waals surface area contributed by atoms with E-state index in [0.29, 0.717) is 0 Å². The molecule has 1 saturated heterocycles. The second-order valence-electron chi connectivity index (χ2n) is 5.82. The Morgan fingerprint density at radius 1 is 1.29 bits per heavy atom. The van der Waals surface area contributed by atoms with Crippen LogP contribution in [0.5, 0.6) is 0 Å². The summed E-state index contributed by atoms with van der Waals surface area (Å²) in [5.41, 5.74) is 0. The topological polar surface area (TPSA) is 15.3 Å². The first-order valence-corrected chi connectivity index (χ1v) is 8.21. The molecule has 0 aromatic heterocycles. The van der Waals surface area contributed by atoms with Crippen molar-refractivity contribution >= 4 is 11.8 Å². The maximum Gasteiger partial charge on any atom is 0.0172 e. The highest BCUT2D eigenvalue weighted by Crippen LogP contribution is 2.21. The Morgan fingerprint density at radius 3 is 2.71 bits per heavy atom. The van der Waals surface area contributed by atoms with Crippen molar-refractivity contribution < 1.29 is 0 Å². The maximum atomic E-state index is 3.57. The molecule has 0 spiro atoms. The molecule has 2 nitrogen and oxygen atoms in total. The van der Waals surface area contributed by atoms with Crippen LogP contribution < -0.4 is 5.32 Å². The number of nitrogens with one attached hydrogen (secondary N) is 1.